The highest BCUT2D eigenvalue weighted by Gasteiger charge is 2.11. The monoisotopic (exact) mass is 376 g/mol. The predicted octanol–water partition coefficient (Wildman–Crippen LogP) is 5.34. The molecule has 4 aromatic rings. The second kappa shape index (κ2) is 7.32. The lowest BCUT2D eigenvalue weighted by atomic mass is 10.2. The molecule has 26 heavy (non-hydrogen) atoms. The Balaban J connectivity index is 1.94. The van der Waals surface area contributed by atoms with Crippen LogP contribution in [0.2, 0.25) is 0 Å². The van der Waals surface area contributed by atoms with Gasteiger partial charge in [0.25, 0.3) is 5.56 Å². The molecule has 0 amide bonds. The zero-order valence-electron chi connectivity index (χ0n) is 14.1. The van der Waals surface area contributed by atoms with E-state index in [0.717, 1.165) is 15.5 Å². The van der Waals surface area contributed by atoms with Gasteiger partial charge in [-0.15, -0.1) is 23.1 Å². The summed E-state index contributed by atoms with van der Waals surface area (Å²) in [4.78, 5) is 20.2. The Morgan fingerprint density at radius 3 is 2.54 bits per heavy atom. The first-order chi connectivity index (χ1) is 12.8. The van der Waals surface area contributed by atoms with Gasteiger partial charge in [0.05, 0.1) is 16.6 Å². The first kappa shape index (κ1) is 16.8. The molecular weight excluding hydrogens is 360 g/mol. The van der Waals surface area contributed by atoms with Crippen molar-refractivity contribution in [3.05, 3.63) is 87.1 Å². The van der Waals surface area contributed by atoms with Gasteiger partial charge in [-0.3, -0.25) is 9.36 Å². The molecule has 4 rings (SSSR count). The largest absolute Gasteiger partial charge is 0.268 e. The lowest BCUT2D eigenvalue weighted by molar-refractivity contribution is 0.942. The summed E-state index contributed by atoms with van der Waals surface area (Å²) < 4.78 is 1.68. The fraction of sp³-hybridized carbons (Fsp3) is 0.0476. The van der Waals surface area contributed by atoms with Crippen molar-refractivity contribution in [2.75, 3.05) is 6.26 Å². The second-order valence-electron chi connectivity index (χ2n) is 5.67. The van der Waals surface area contributed by atoms with E-state index in [9.17, 15) is 4.79 Å². The molecule has 0 aliphatic heterocycles. The van der Waals surface area contributed by atoms with E-state index < -0.39 is 0 Å². The maximum Gasteiger partial charge on any atom is 0.266 e. The third-order valence-corrected chi connectivity index (χ3v) is 5.65. The molecule has 0 bridgehead atoms. The number of rotatable bonds is 4. The second-order valence-corrected chi connectivity index (χ2v) is 7.53. The molecule has 0 fully saturated rings. The SMILES string of the molecule is CSc1ccc(-n2c(/C=C/c3cccs3)nc3ccccc3c2=O)cc1. The summed E-state index contributed by atoms with van der Waals surface area (Å²) in [5.41, 5.74) is 1.47. The van der Waals surface area contributed by atoms with E-state index in [1.54, 1.807) is 27.7 Å². The van der Waals surface area contributed by atoms with Crippen LogP contribution in [0.5, 0.6) is 0 Å². The molecule has 128 valence electrons. The van der Waals surface area contributed by atoms with Crippen molar-refractivity contribution < 1.29 is 0 Å². The van der Waals surface area contributed by atoms with E-state index in [-0.39, 0.29) is 5.56 Å². The summed E-state index contributed by atoms with van der Waals surface area (Å²) in [6.07, 6.45) is 5.93. The molecule has 0 saturated heterocycles. The number of thioether (sulfide) groups is 1. The molecule has 2 aromatic heterocycles. The van der Waals surface area contributed by atoms with Crippen molar-refractivity contribution in [2.24, 2.45) is 0 Å². The topological polar surface area (TPSA) is 34.9 Å². The summed E-state index contributed by atoms with van der Waals surface area (Å²) in [6, 6.07) is 19.5. The van der Waals surface area contributed by atoms with Crippen LogP contribution >= 0.6 is 23.1 Å². The molecule has 0 saturated carbocycles. The lowest BCUT2D eigenvalue weighted by Gasteiger charge is -2.11. The van der Waals surface area contributed by atoms with Crippen LogP contribution < -0.4 is 5.56 Å². The van der Waals surface area contributed by atoms with Crippen LogP contribution in [-0.2, 0) is 0 Å². The van der Waals surface area contributed by atoms with Gasteiger partial charge < -0.3 is 0 Å². The van der Waals surface area contributed by atoms with Gasteiger partial charge in [0.2, 0.25) is 0 Å². The lowest BCUT2D eigenvalue weighted by Crippen LogP contribution is -2.22. The Bertz CT molecular complexity index is 1130. The number of nitrogens with zero attached hydrogens (tertiary/aromatic N) is 2. The molecule has 0 N–H and O–H groups in total. The fourth-order valence-electron chi connectivity index (χ4n) is 2.79. The zero-order chi connectivity index (χ0) is 17.9. The molecule has 0 spiro atoms. The Morgan fingerprint density at radius 1 is 1.00 bits per heavy atom. The standard InChI is InChI=1S/C21H16N2OS2/c1-25-16-10-8-15(9-11-16)23-20(13-12-17-5-4-14-26-17)22-19-7-3-2-6-18(19)21(23)24/h2-14H,1H3/b13-12+. The Kier molecular flexibility index (Phi) is 4.73. The van der Waals surface area contributed by atoms with E-state index in [2.05, 4.69) is 0 Å². The third-order valence-electron chi connectivity index (χ3n) is 4.07. The Hall–Kier alpha value is -2.63. The summed E-state index contributed by atoms with van der Waals surface area (Å²) in [7, 11) is 0. The summed E-state index contributed by atoms with van der Waals surface area (Å²) in [5.74, 6) is 0.624. The van der Waals surface area contributed by atoms with Crippen molar-refractivity contribution in [3.63, 3.8) is 0 Å². The first-order valence-corrected chi connectivity index (χ1v) is 10.2. The number of hydrogen-bond donors (Lipinski definition) is 0. The number of hydrogen-bond acceptors (Lipinski definition) is 4. The van der Waals surface area contributed by atoms with Crippen LogP contribution in [0.4, 0.5) is 0 Å². The summed E-state index contributed by atoms with van der Waals surface area (Å²) >= 11 is 3.33. The van der Waals surface area contributed by atoms with Crippen molar-refractivity contribution in [1.82, 2.24) is 9.55 Å². The average Bonchev–Trinajstić information content (AvgIpc) is 3.20. The van der Waals surface area contributed by atoms with Crippen molar-refractivity contribution in [2.45, 2.75) is 4.90 Å². The van der Waals surface area contributed by atoms with Gasteiger partial charge in [-0.25, -0.2) is 4.98 Å². The molecule has 0 radical (unpaired) electrons. The molecule has 0 unspecified atom stereocenters. The van der Waals surface area contributed by atoms with Gasteiger partial charge in [0.1, 0.15) is 5.82 Å². The number of fused-ring (bicyclic) bond motifs is 1. The van der Waals surface area contributed by atoms with E-state index in [1.165, 1.54) is 0 Å². The minimum absolute atomic E-state index is 0.0571. The van der Waals surface area contributed by atoms with Crippen LogP contribution in [0.1, 0.15) is 10.7 Å². The van der Waals surface area contributed by atoms with Gasteiger partial charge in [0, 0.05) is 9.77 Å². The quantitative estimate of drug-likeness (QED) is 0.451. The van der Waals surface area contributed by atoms with Crippen LogP contribution in [-0.4, -0.2) is 15.8 Å². The Labute approximate surface area is 159 Å². The maximum absolute atomic E-state index is 13.2. The van der Waals surface area contributed by atoms with Crippen LogP contribution in [0.15, 0.2) is 75.7 Å². The minimum Gasteiger partial charge on any atom is -0.268 e. The van der Waals surface area contributed by atoms with Gasteiger partial charge >= 0.3 is 0 Å². The van der Waals surface area contributed by atoms with E-state index >= 15 is 0 Å². The minimum atomic E-state index is -0.0571. The molecular formula is C21H16N2OS2. The number of benzene rings is 2. The average molecular weight is 377 g/mol. The van der Waals surface area contributed by atoms with Gasteiger partial charge in [-0.05, 0) is 66.3 Å². The summed E-state index contributed by atoms with van der Waals surface area (Å²) in [5, 5.41) is 2.65. The maximum atomic E-state index is 13.2. The van der Waals surface area contributed by atoms with Crippen LogP contribution in [0, 0.1) is 0 Å². The van der Waals surface area contributed by atoms with Gasteiger partial charge in [0.15, 0.2) is 0 Å². The predicted molar refractivity (Wildman–Crippen MR) is 112 cm³/mol. The number of thiophene rings is 1. The summed E-state index contributed by atoms with van der Waals surface area (Å²) in [6.45, 7) is 0. The smallest absolute Gasteiger partial charge is 0.266 e. The molecule has 2 aromatic carbocycles. The van der Waals surface area contributed by atoms with Gasteiger partial charge in [-0.1, -0.05) is 18.2 Å². The van der Waals surface area contributed by atoms with Crippen LogP contribution in [0.3, 0.4) is 0 Å². The van der Waals surface area contributed by atoms with Crippen molar-refractivity contribution >= 4 is 46.2 Å². The normalized spacial score (nSPS) is 11.4. The number of para-hydroxylation sites is 1. The first-order valence-electron chi connectivity index (χ1n) is 8.14. The fourth-order valence-corrected chi connectivity index (χ4v) is 3.81. The van der Waals surface area contributed by atoms with E-state index in [1.807, 2.05) is 84.5 Å². The highest BCUT2D eigenvalue weighted by molar-refractivity contribution is 7.98. The molecule has 5 heteroatoms. The van der Waals surface area contributed by atoms with Crippen molar-refractivity contribution in [3.8, 4) is 5.69 Å². The molecule has 0 aliphatic carbocycles. The van der Waals surface area contributed by atoms with Crippen molar-refractivity contribution in [1.29, 1.82) is 0 Å². The highest BCUT2D eigenvalue weighted by atomic mass is 32.2. The third kappa shape index (κ3) is 3.23. The highest BCUT2D eigenvalue weighted by Crippen LogP contribution is 2.20. The van der Waals surface area contributed by atoms with Crippen LogP contribution in [0.25, 0.3) is 28.7 Å². The van der Waals surface area contributed by atoms with Gasteiger partial charge in [-0.2, -0.15) is 0 Å². The molecule has 0 aliphatic rings. The van der Waals surface area contributed by atoms with E-state index in [0.29, 0.717) is 16.7 Å². The molecule has 3 nitrogen and oxygen atoms in total. The number of aromatic nitrogens is 2. The zero-order valence-corrected chi connectivity index (χ0v) is 15.8. The Morgan fingerprint density at radius 2 is 1.81 bits per heavy atom. The van der Waals surface area contributed by atoms with E-state index in [4.69, 9.17) is 4.98 Å². The molecule has 0 atom stereocenters. The molecule has 2 heterocycles.